The van der Waals surface area contributed by atoms with Crippen molar-refractivity contribution in [1.82, 2.24) is 0 Å². The second-order valence-electron chi connectivity index (χ2n) is 4.98. The fourth-order valence-electron chi connectivity index (χ4n) is 1.94. The van der Waals surface area contributed by atoms with Crippen molar-refractivity contribution < 1.29 is 14.4 Å². The Hall–Kier alpha value is -2.05. The van der Waals surface area contributed by atoms with Gasteiger partial charge in [0.15, 0.2) is 0 Å². The van der Waals surface area contributed by atoms with E-state index in [9.17, 15) is 15.2 Å². The molecule has 6 nitrogen and oxygen atoms in total. The highest BCUT2D eigenvalue weighted by atomic mass is 35.5. The summed E-state index contributed by atoms with van der Waals surface area (Å²) in [6, 6.07) is 6.23. The third-order valence-corrected chi connectivity index (χ3v) is 3.47. The first-order valence-electron chi connectivity index (χ1n) is 6.26. The molecule has 1 atom stereocenters. The topological polar surface area (TPSA) is 88.5 Å². The maximum atomic E-state index is 10.8. The molecule has 0 bridgehead atoms. The summed E-state index contributed by atoms with van der Waals surface area (Å²) >= 11 is 6.03. The SMILES string of the molecule is Cc1cc(NCC(C)(O)c2ccco2)c(Cl)cc1[N+](=O)[O-]. The number of aryl methyl sites for hydroxylation is 1. The van der Waals surface area contributed by atoms with Crippen LogP contribution in [0.5, 0.6) is 0 Å². The normalized spacial score (nSPS) is 13.7. The molecule has 1 aromatic heterocycles. The van der Waals surface area contributed by atoms with Crippen molar-refractivity contribution in [3.05, 3.63) is 57.0 Å². The molecule has 2 rings (SSSR count). The third kappa shape index (κ3) is 3.34. The van der Waals surface area contributed by atoms with Gasteiger partial charge in [-0.15, -0.1) is 0 Å². The summed E-state index contributed by atoms with van der Waals surface area (Å²) in [5.41, 5.74) is -0.248. The quantitative estimate of drug-likeness (QED) is 0.652. The summed E-state index contributed by atoms with van der Waals surface area (Å²) in [5.74, 6) is 0.421. The Balaban J connectivity index is 2.17. The van der Waals surface area contributed by atoms with Crippen molar-refractivity contribution >= 4 is 23.0 Å². The van der Waals surface area contributed by atoms with E-state index < -0.39 is 10.5 Å². The van der Waals surface area contributed by atoms with Crippen LogP contribution in [0, 0.1) is 17.0 Å². The van der Waals surface area contributed by atoms with Crippen LogP contribution in [0.15, 0.2) is 34.9 Å². The van der Waals surface area contributed by atoms with Crippen molar-refractivity contribution in [1.29, 1.82) is 0 Å². The molecule has 0 radical (unpaired) electrons. The Bertz CT molecular complexity index is 653. The van der Waals surface area contributed by atoms with E-state index in [0.29, 0.717) is 17.0 Å². The van der Waals surface area contributed by atoms with Crippen LogP contribution in [0.4, 0.5) is 11.4 Å². The lowest BCUT2D eigenvalue weighted by molar-refractivity contribution is -0.385. The summed E-state index contributed by atoms with van der Waals surface area (Å²) in [6.45, 7) is 3.38. The second kappa shape index (κ2) is 5.75. The molecule has 0 fully saturated rings. The second-order valence-corrected chi connectivity index (χ2v) is 5.39. The van der Waals surface area contributed by atoms with Gasteiger partial charge in [-0.2, -0.15) is 0 Å². The molecule has 0 amide bonds. The van der Waals surface area contributed by atoms with E-state index in [1.165, 1.54) is 12.3 Å². The summed E-state index contributed by atoms with van der Waals surface area (Å²) in [4.78, 5) is 10.3. The summed E-state index contributed by atoms with van der Waals surface area (Å²) in [5, 5.41) is 24.4. The molecule has 2 N–H and O–H groups in total. The highest BCUT2D eigenvalue weighted by Gasteiger charge is 2.26. The maximum absolute atomic E-state index is 10.8. The minimum atomic E-state index is -1.22. The molecule has 0 saturated heterocycles. The third-order valence-electron chi connectivity index (χ3n) is 3.16. The van der Waals surface area contributed by atoms with E-state index in [1.807, 2.05) is 0 Å². The lowest BCUT2D eigenvalue weighted by Crippen LogP contribution is -2.30. The van der Waals surface area contributed by atoms with Gasteiger partial charge in [0, 0.05) is 11.6 Å². The maximum Gasteiger partial charge on any atom is 0.273 e. The van der Waals surface area contributed by atoms with Gasteiger partial charge in [0.1, 0.15) is 11.4 Å². The number of hydrogen-bond acceptors (Lipinski definition) is 5. The highest BCUT2D eigenvalue weighted by Crippen LogP contribution is 2.31. The average Bonchev–Trinajstić information content (AvgIpc) is 2.93. The number of benzene rings is 1. The van der Waals surface area contributed by atoms with Gasteiger partial charge < -0.3 is 14.8 Å². The lowest BCUT2D eigenvalue weighted by atomic mass is 10.0. The number of nitrogens with zero attached hydrogens (tertiary/aromatic N) is 1. The van der Waals surface area contributed by atoms with Gasteiger partial charge in [-0.05, 0) is 32.0 Å². The number of hydrogen-bond donors (Lipinski definition) is 2. The molecule has 1 unspecified atom stereocenters. The van der Waals surface area contributed by atoms with Crippen LogP contribution in [-0.2, 0) is 5.60 Å². The van der Waals surface area contributed by atoms with Crippen molar-refractivity contribution in [3.63, 3.8) is 0 Å². The van der Waals surface area contributed by atoms with Crippen LogP contribution >= 0.6 is 11.6 Å². The van der Waals surface area contributed by atoms with Crippen molar-refractivity contribution in [2.45, 2.75) is 19.4 Å². The van der Waals surface area contributed by atoms with E-state index in [0.717, 1.165) is 0 Å². The first kappa shape index (κ1) is 15.3. The molecular weight excluding hydrogens is 296 g/mol. The number of rotatable bonds is 5. The number of nitro groups is 1. The lowest BCUT2D eigenvalue weighted by Gasteiger charge is -2.22. The van der Waals surface area contributed by atoms with Gasteiger partial charge in [0.25, 0.3) is 5.69 Å². The Kier molecular flexibility index (Phi) is 4.20. The number of furan rings is 1. The molecule has 2 aromatic rings. The van der Waals surface area contributed by atoms with E-state index in [-0.39, 0.29) is 17.3 Å². The minimum Gasteiger partial charge on any atom is -0.466 e. The molecule has 21 heavy (non-hydrogen) atoms. The Labute approximate surface area is 126 Å². The number of aliphatic hydroxyl groups is 1. The monoisotopic (exact) mass is 310 g/mol. The fraction of sp³-hybridized carbons (Fsp3) is 0.286. The first-order valence-corrected chi connectivity index (χ1v) is 6.64. The van der Waals surface area contributed by atoms with Crippen LogP contribution in [0.3, 0.4) is 0 Å². The van der Waals surface area contributed by atoms with Gasteiger partial charge in [0.2, 0.25) is 0 Å². The van der Waals surface area contributed by atoms with Gasteiger partial charge in [-0.25, -0.2) is 0 Å². The molecule has 0 spiro atoms. The molecule has 112 valence electrons. The van der Waals surface area contributed by atoms with Gasteiger partial charge in [-0.1, -0.05) is 11.6 Å². The molecular formula is C14H15ClN2O4. The minimum absolute atomic E-state index is 0.0386. The first-order chi connectivity index (χ1) is 9.81. The van der Waals surface area contributed by atoms with E-state index in [2.05, 4.69) is 5.32 Å². The number of anilines is 1. The summed E-state index contributed by atoms with van der Waals surface area (Å²) in [6.07, 6.45) is 1.48. The van der Waals surface area contributed by atoms with Crippen molar-refractivity contribution in [2.24, 2.45) is 0 Å². The highest BCUT2D eigenvalue weighted by molar-refractivity contribution is 6.33. The van der Waals surface area contributed by atoms with Crippen LogP contribution in [0.2, 0.25) is 5.02 Å². The van der Waals surface area contributed by atoms with Crippen LogP contribution in [-0.4, -0.2) is 16.6 Å². The Morgan fingerprint density at radius 2 is 2.24 bits per heavy atom. The summed E-state index contributed by atoms with van der Waals surface area (Å²) in [7, 11) is 0. The predicted octanol–water partition coefficient (Wildman–Crippen LogP) is 3.47. The summed E-state index contributed by atoms with van der Waals surface area (Å²) < 4.78 is 5.18. The van der Waals surface area contributed by atoms with Crippen LogP contribution in [0.1, 0.15) is 18.2 Å². The van der Waals surface area contributed by atoms with Gasteiger partial charge in [-0.3, -0.25) is 10.1 Å². The predicted molar refractivity (Wildman–Crippen MR) is 79.6 cm³/mol. The molecule has 1 heterocycles. The Morgan fingerprint density at radius 3 is 2.81 bits per heavy atom. The van der Waals surface area contributed by atoms with Crippen molar-refractivity contribution in [2.75, 3.05) is 11.9 Å². The van der Waals surface area contributed by atoms with Crippen LogP contribution < -0.4 is 5.32 Å². The number of nitro benzene ring substituents is 1. The largest absolute Gasteiger partial charge is 0.466 e. The standard InChI is InChI=1S/C14H15ClN2O4/c1-9-6-11(10(15)7-12(9)17(19)20)16-8-14(2,18)13-4-3-5-21-13/h3-7,16,18H,8H2,1-2H3. The smallest absolute Gasteiger partial charge is 0.273 e. The van der Waals surface area contributed by atoms with Gasteiger partial charge >= 0.3 is 0 Å². The van der Waals surface area contributed by atoms with E-state index in [1.54, 1.807) is 32.0 Å². The molecule has 1 aromatic carbocycles. The van der Waals surface area contributed by atoms with Crippen molar-refractivity contribution in [3.8, 4) is 0 Å². The zero-order valence-corrected chi connectivity index (χ0v) is 12.3. The molecule has 0 aliphatic heterocycles. The van der Waals surface area contributed by atoms with Crippen LogP contribution in [0.25, 0.3) is 0 Å². The molecule has 7 heteroatoms. The molecule has 0 aliphatic carbocycles. The van der Waals surface area contributed by atoms with Gasteiger partial charge in [0.05, 0.1) is 28.4 Å². The zero-order chi connectivity index (χ0) is 15.6. The van der Waals surface area contributed by atoms with E-state index >= 15 is 0 Å². The molecule has 0 saturated carbocycles. The fourth-order valence-corrected chi connectivity index (χ4v) is 2.17. The Morgan fingerprint density at radius 1 is 1.52 bits per heavy atom. The zero-order valence-electron chi connectivity index (χ0n) is 11.6. The average molecular weight is 311 g/mol. The number of halogens is 1. The van der Waals surface area contributed by atoms with E-state index in [4.69, 9.17) is 16.0 Å². The number of nitrogens with one attached hydrogen (secondary N) is 1. The molecule has 0 aliphatic rings.